The van der Waals surface area contributed by atoms with Crippen molar-refractivity contribution in [2.24, 2.45) is 0 Å². The van der Waals surface area contributed by atoms with Gasteiger partial charge >= 0.3 is 6.09 Å². The first kappa shape index (κ1) is 36.8. The summed E-state index contributed by atoms with van der Waals surface area (Å²) in [6.07, 6.45) is -0.559. The molecular formula is C36H40Cl3N3O4Si. The Morgan fingerprint density at radius 2 is 1.47 bits per heavy atom. The van der Waals surface area contributed by atoms with E-state index in [0.29, 0.717) is 16.4 Å². The van der Waals surface area contributed by atoms with Crippen LogP contribution in [0.3, 0.4) is 0 Å². The van der Waals surface area contributed by atoms with Gasteiger partial charge in [-0.2, -0.15) is 0 Å². The fourth-order valence-corrected chi connectivity index (χ4v) is 6.99. The maximum atomic E-state index is 14.2. The second-order valence-electron chi connectivity index (χ2n) is 13.2. The number of aliphatic hydroxyl groups excluding tert-OH is 1. The van der Waals surface area contributed by atoms with E-state index in [1.165, 1.54) is 4.90 Å². The predicted octanol–water partition coefficient (Wildman–Crippen LogP) is 10.1. The molecular weight excluding hydrogens is 673 g/mol. The first-order chi connectivity index (χ1) is 22.1. The van der Waals surface area contributed by atoms with Gasteiger partial charge in [0.2, 0.25) is 9.76 Å². The number of rotatable bonds is 10. The zero-order valence-corrected chi connectivity index (χ0v) is 30.9. The quantitative estimate of drug-likeness (QED) is 0.130. The van der Waals surface area contributed by atoms with Crippen LogP contribution in [0.15, 0.2) is 78.9 Å². The normalized spacial score (nSPS) is 12.9. The van der Waals surface area contributed by atoms with Crippen molar-refractivity contribution in [1.82, 2.24) is 9.97 Å². The molecule has 11 heteroatoms. The molecule has 0 bridgehead atoms. The number of aryl methyl sites for hydroxylation is 1. The molecule has 248 valence electrons. The van der Waals surface area contributed by atoms with Gasteiger partial charge in [-0.1, -0.05) is 116 Å². The summed E-state index contributed by atoms with van der Waals surface area (Å²) >= 11 is 20.2. The summed E-state index contributed by atoms with van der Waals surface area (Å²) in [7, 11) is 0.0224. The SMILES string of the molecule is Cc1nc(Cl)c(C(CCO)C(O[Si]C(C)(C)C)(c2ccccc2)c2ccccc2)c(N(C(=O)OC(C)(C)C)c2ccc(Cl)cc2Cl)n1. The van der Waals surface area contributed by atoms with E-state index >= 15 is 0 Å². The number of carbonyl (C=O) groups excluding carboxylic acids is 1. The summed E-state index contributed by atoms with van der Waals surface area (Å²) in [6, 6.07) is 24.4. The molecule has 4 aromatic rings. The Morgan fingerprint density at radius 3 is 1.96 bits per heavy atom. The summed E-state index contributed by atoms with van der Waals surface area (Å²) in [6.45, 7) is 13.1. The molecule has 0 aliphatic heterocycles. The number of aromatic nitrogens is 2. The average Bonchev–Trinajstić information content (AvgIpc) is 2.98. The van der Waals surface area contributed by atoms with Crippen molar-refractivity contribution in [3.05, 3.63) is 117 Å². The minimum absolute atomic E-state index is 0.0224. The Morgan fingerprint density at radius 1 is 0.894 bits per heavy atom. The Labute approximate surface area is 295 Å². The van der Waals surface area contributed by atoms with Crippen LogP contribution in [0.5, 0.6) is 0 Å². The summed E-state index contributed by atoms with van der Waals surface area (Å²) in [5.74, 6) is -0.248. The van der Waals surface area contributed by atoms with Gasteiger partial charge in [-0.3, -0.25) is 0 Å². The number of aliphatic hydroxyl groups is 1. The van der Waals surface area contributed by atoms with Crippen LogP contribution < -0.4 is 4.90 Å². The van der Waals surface area contributed by atoms with Crippen molar-refractivity contribution in [2.75, 3.05) is 11.5 Å². The van der Waals surface area contributed by atoms with Gasteiger partial charge in [0.15, 0.2) is 5.82 Å². The third-order valence-corrected chi connectivity index (χ3v) is 8.97. The average molecular weight is 713 g/mol. The Balaban J connectivity index is 2.15. The van der Waals surface area contributed by atoms with Gasteiger partial charge in [0.05, 0.1) is 10.7 Å². The number of anilines is 2. The zero-order valence-electron chi connectivity index (χ0n) is 27.6. The van der Waals surface area contributed by atoms with Gasteiger partial charge in [0.1, 0.15) is 22.2 Å². The fourth-order valence-electron chi connectivity index (χ4n) is 5.32. The lowest BCUT2D eigenvalue weighted by atomic mass is 9.71. The van der Waals surface area contributed by atoms with Crippen LogP contribution >= 0.6 is 34.8 Å². The molecule has 0 aliphatic rings. The molecule has 1 amide bonds. The van der Waals surface area contributed by atoms with E-state index in [4.69, 9.17) is 48.9 Å². The van der Waals surface area contributed by atoms with E-state index in [0.717, 1.165) is 11.1 Å². The first-order valence-corrected chi connectivity index (χ1v) is 17.3. The number of amides is 1. The topological polar surface area (TPSA) is 84.8 Å². The van der Waals surface area contributed by atoms with Crippen LogP contribution in [0.1, 0.15) is 76.4 Å². The summed E-state index contributed by atoms with van der Waals surface area (Å²) in [4.78, 5) is 25.0. The number of benzene rings is 3. The van der Waals surface area contributed by atoms with Crippen molar-refractivity contribution < 1.29 is 19.1 Å². The lowest BCUT2D eigenvalue weighted by Crippen LogP contribution is -2.42. The minimum atomic E-state index is -1.21. The molecule has 1 unspecified atom stereocenters. The third-order valence-electron chi connectivity index (χ3n) is 7.11. The number of nitrogens with zero attached hydrogens (tertiary/aromatic N) is 3. The van der Waals surface area contributed by atoms with Crippen molar-refractivity contribution >= 4 is 62.2 Å². The molecule has 1 N–H and O–H groups in total. The van der Waals surface area contributed by atoms with E-state index in [1.54, 1.807) is 45.9 Å². The lowest BCUT2D eigenvalue weighted by molar-refractivity contribution is 0.0588. The summed E-state index contributed by atoms with van der Waals surface area (Å²) in [5.41, 5.74) is 0.256. The molecule has 0 fully saturated rings. The molecule has 2 radical (unpaired) electrons. The molecule has 1 heterocycles. The van der Waals surface area contributed by atoms with Crippen LogP contribution in [0.25, 0.3) is 0 Å². The van der Waals surface area contributed by atoms with Crippen LogP contribution in [0.4, 0.5) is 16.3 Å². The van der Waals surface area contributed by atoms with Crippen LogP contribution in [-0.2, 0) is 14.8 Å². The molecule has 0 aliphatic carbocycles. The van der Waals surface area contributed by atoms with Crippen LogP contribution in [0.2, 0.25) is 20.2 Å². The van der Waals surface area contributed by atoms with E-state index in [9.17, 15) is 9.90 Å². The zero-order chi connectivity index (χ0) is 34.6. The number of hydrogen-bond acceptors (Lipinski definition) is 6. The highest BCUT2D eigenvalue weighted by molar-refractivity contribution is 6.37. The van der Waals surface area contributed by atoms with Gasteiger partial charge in [-0.25, -0.2) is 19.7 Å². The summed E-state index contributed by atoms with van der Waals surface area (Å²) < 4.78 is 13.1. The van der Waals surface area contributed by atoms with Crippen molar-refractivity contribution in [1.29, 1.82) is 0 Å². The van der Waals surface area contributed by atoms with Gasteiger partial charge in [-0.15, -0.1) is 0 Å². The van der Waals surface area contributed by atoms with E-state index in [-0.39, 0.29) is 49.5 Å². The first-order valence-electron chi connectivity index (χ1n) is 15.3. The second-order valence-corrected chi connectivity index (χ2v) is 16.3. The number of hydrogen-bond donors (Lipinski definition) is 1. The maximum absolute atomic E-state index is 14.2. The van der Waals surface area contributed by atoms with E-state index in [1.807, 2.05) is 60.7 Å². The fraction of sp³-hybridized carbons (Fsp3) is 0.361. The van der Waals surface area contributed by atoms with Gasteiger partial charge in [0.25, 0.3) is 0 Å². The highest BCUT2D eigenvalue weighted by atomic mass is 35.5. The van der Waals surface area contributed by atoms with Crippen molar-refractivity contribution in [3.8, 4) is 0 Å². The molecule has 3 aromatic carbocycles. The smallest absolute Gasteiger partial charge is 0.420 e. The second kappa shape index (κ2) is 15.1. The van der Waals surface area contributed by atoms with E-state index in [2.05, 4.69) is 25.8 Å². The predicted molar refractivity (Wildman–Crippen MR) is 191 cm³/mol. The standard InChI is InChI=1S/C36H40Cl3N3O4Si/c1-23-40-31(39)30(32(41-23)42(33(44)45-34(2,3)4)29-19-18-26(37)22-28(29)38)27(20-21-43)36(46-47-35(5,6)7,24-14-10-8-11-15-24)25-16-12-9-13-17-25/h8-19,22,27,43H,20-21H2,1-7H3. The summed E-state index contributed by atoms with van der Waals surface area (Å²) in [5, 5.41) is 11.2. The van der Waals surface area contributed by atoms with Crippen molar-refractivity contribution in [2.45, 2.75) is 77.0 Å². The van der Waals surface area contributed by atoms with Crippen LogP contribution in [0, 0.1) is 6.92 Å². The van der Waals surface area contributed by atoms with Gasteiger partial charge in [-0.05, 0) is 68.5 Å². The minimum Gasteiger partial charge on any atom is -0.443 e. The largest absolute Gasteiger partial charge is 0.443 e. The third kappa shape index (κ3) is 8.74. The molecule has 47 heavy (non-hydrogen) atoms. The highest BCUT2D eigenvalue weighted by Crippen LogP contribution is 2.52. The number of carbonyl (C=O) groups is 1. The van der Waals surface area contributed by atoms with Crippen LogP contribution in [-0.4, -0.2) is 43.1 Å². The molecule has 1 atom stereocenters. The molecule has 0 spiro atoms. The Kier molecular flexibility index (Phi) is 11.8. The Hall–Kier alpha value is -2.98. The van der Waals surface area contributed by atoms with E-state index < -0.39 is 23.2 Å². The number of ether oxygens (including phenoxy) is 1. The lowest BCUT2D eigenvalue weighted by Gasteiger charge is -2.44. The van der Waals surface area contributed by atoms with Gasteiger partial charge < -0.3 is 14.3 Å². The van der Waals surface area contributed by atoms with Crippen molar-refractivity contribution in [3.63, 3.8) is 0 Å². The molecule has 1 aromatic heterocycles. The highest BCUT2D eigenvalue weighted by Gasteiger charge is 2.48. The molecule has 4 rings (SSSR count). The number of halogens is 3. The molecule has 0 saturated heterocycles. The maximum Gasteiger partial charge on any atom is 0.420 e. The Bertz CT molecular complexity index is 1640. The monoisotopic (exact) mass is 711 g/mol. The molecule has 7 nitrogen and oxygen atoms in total. The molecule has 0 saturated carbocycles. The van der Waals surface area contributed by atoms with Gasteiger partial charge in [0, 0.05) is 23.1 Å².